The van der Waals surface area contributed by atoms with Crippen LogP contribution in [0, 0.1) is 19.8 Å². The highest BCUT2D eigenvalue weighted by molar-refractivity contribution is 5.94. The van der Waals surface area contributed by atoms with Gasteiger partial charge in [-0.2, -0.15) is 0 Å². The molecule has 11 nitrogen and oxygen atoms in total. The van der Waals surface area contributed by atoms with E-state index in [9.17, 15) is 24.0 Å². The molecule has 1 aliphatic carbocycles. The highest BCUT2D eigenvalue weighted by atomic mass is 16.6. The van der Waals surface area contributed by atoms with Gasteiger partial charge in [-0.25, -0.2) is 4.79 Å². The molecule has 4 unspecified atom stereocenters. The number of aryl methyl sites for hydroxylation is 2. The summed E-state index contributed by atoms with van der Waals surface area (Å²) in [6.07, 6.45) is -0.424. The van der Waals surface area contributed by atoms with Gasteiger partial charge < -0.3 is 30.7 Å². The lowest BCUT2D eigenvalue weighted by molar-refractivity contribution is -0.145. The molecule has 4 N–H and O–H groups in total. The van der Waals surface area contributed by atoms with Gasteiger partial charge in [0.05, 0.1) is 7.11 Å². The number of esters is 1. The number of ether oxygens (including phenoxy) is 2. The summed E-state index contributed by atoms with van der Waals surface area (Å²) in [5, 5.41) is 5.16. The number of primary amides is 1. The van der Waals surface area contributed by atoms with Crippen molar-refractivity contribution in [2.24, 2.45) is 11.7 Å². The molecule has 0 heterocycles. The van der Waals surface area contributed by atoms with Gasteiger partial charge in [-0.3, -0.25) is 19.2 Å². The molecule has 0 spiro atoms. The fourth-order valence-corrected chi connectivity index (χ4v) is 4.33. The predicted molar refractivity (Wildman–Crippen MR) is 140 cm³/mol. The molecule has 38 heavy (non-hydrogen) atoms. The van der Waals surface area contributed by atoms with Crippen LogP contribution in [0.5, 0.6) is 0 Å². The summed E-state index contributed by atoms with van der Waals surface area (Å²) < 4.78 is 10.00. The van der Waals surface area contributed by atoms with Gasteiger partial charge in [0.2, 0.25) is 17.7 Å². The normalized spacial score (nSPS) is 18.0. The minimum absolute atomic E-state index is 0.0751. The van der Waals surface area contributed by atoms with Crippen LogP contribution in [0.1, 0.15) is 69.7 Å². The number of benzene rings is 1. The highest BCUT2D eigenvalue weighted by Crippen LogP contribution is 2.42. The van der Waals surface area contributed by atoms with E-state index in [-0.39, 0.29) is 31.3 Å². The monoisotopic (exact) mass is 532 g/mol. The van der Waals surface area contributed by atoms with E-state index in [1.165, 1.54) is 12.0 Å². The van der Waals surface area contributed by atoms with E-state index in [1.54, 1.807) is 20.8 Å². The molecule has 2 rings (SSSR count). The van der Waals surface area contributed by atoms with Gasteiger partial charge >= 0.3 is 12.1 Å². The van der Waals surface area contributed by atoms with Crippen LogP contribution >= 0.6 is 0 Å². The number of hydrogen-bond acceptors (Lipinski definition) is 7. The van der Waals surface area contributed by atoms with E-state index in [0.717, 1.165) is 11.1 Å². The molecule has 4 atom stereocenters. The molecule has 11 heteroatoms. The van der Waals surface area contributed by atoms with Crippen molar-refractivity contribution in [2.75, 3.05) is 13.7 Å². The Kier molecular flexibility index (Phi) is 10.3. The molecule has 4 amide bonds. The molecule has 1 fully saturated rings. The molecule has 1 aromatic rings. The third-order valence-electron chi connectivity index (χ3n) is 6.32. The Balaban J connectivity index is 2.55. The molecule has 1 aliphatic rings. The first-order valence-electron chi connectivity index (χ1n) is 12.7. The molecule has 0 aromatic heterocycles. The number of methoxy groups -OCH3 is 1. The molecule has 0 radical (unpaired) electrons. The van der Waals surface area contributed by atoms with Gasteiger partial charge in [0.1, 0.15) is 24.2 Å². The van der Waals surface area contributed by atoms with Crippen LogP contribution < -0.4 is 16.4 Å². The van der Waals surface area contributed by atoms with Gasteiger partial charge in [-0.15, -0.1) is 0 Å². The quantitative estimate of drug-likeness (QED) is 0.368. The van der Waals surface area contributed by atoms with E-state index in [0.29, 0.717) is 12.0 Å². The van der Waals surface area contributed by atoms with Crippen LogP contribution in [-0.2, 0) is 28.7 Å². The van der Waals surface area contributed by atoms with Crippen LogP contribution in [0.2, 0.25) is 0 Å². The number of rotatable bonds is 11. The van der Waals surface area contributed by atoms with Crippen LogP contribution in [-0.4, -0.2) is 66.0 Å². The van der Waals surface area contributed by atoms with E-state index in [4.69, 9.17) is 10.5 Å². The maximum atomic E-state index is 14.2. The van der Waals surface area contributed by atoms with Crippen molar-refractivity contribution in [1.82, 2.24) is 15.5 Å². The van der Waals surface area contributed by atoms with Crippen LogP contribution in [0.4, 0.5) is 4.79 Å². The van der Waals surface area contributed by atoms with Crippen LogP contribution in [0.25, 0.3) is 0 Å². The first-order valence-corrected chi connectivity index (χ1v) is 12.7. The summed E-state index contributed by atoms with van der Waals surface area (Å²) in [6, 6.07) is 2.96. The standard InChI is InChI=1S/C27H40N4O7/c1-15-9-8-10-16(2)22(15)23(24(34)29-14-21(33)37-7)31(19-13-17(19)3)25(35)18(11-12-20(28)32)30-26(36)38-27(4,5)6/h8-10,17-19,23H,11-14H2,1-7H3,(H2,28,32)(H,29,34)(H,30,36). The van der Waals surface area contributed by atoms with Crippen molar-refractivity contribution >= 4 is 29.8 Å². The molecule has 0 bridgehead atoms. The Bertz CT molecular complexity index is 1050. The summed E-state index contributed by atoms with van der Waals surface area (Å²) in [5.74, 6) is -2.29. The van der Waals surface area contributed by atoms with Crippen molar-refractivity contribution in [3.05, 3.63) is 34.9 Å². The van der Waals surface area contributed by atoms with Crippen molar-refractivity contribution in [1.29, 1.82) is 0 Å². The number of carbonyl (C=O) groups excluding carboxylic acids is 5. The average Bonchev–Trinajstić information content (AvgIpc) is 3.53. The lowest BCUT2D eigenvalue weighted by Gasteiger charge is -2.36. The number of alkyl carbamates (subject to hydrolysis) is 1. The average molecular weight is 533 g/mol. The Hall–Kier alpha value is -3.63. The minimum Gasteiger partial charge on any atom is -0.468 e. The number of hydrogen-bond donors (Lipinski definition) is 3. The van der Waals surface area contributed by atoms with Gasteiger partial charge in [0.15, 0.2) is 0 Å². The summed E-state index contributed by atoms with van der Waals surface area (Å²) in [5.41, 5.74) is 6.71. The third-order valence-corrected chi connectivity index (χ3v) is 6.32. The zero-order valence-electron chi connectivity index (χ0n) is 23.3. The summed E-state index contributed by atoms with van der Waals surface area (Å²) in [7, 11) is 1.21. The molecular formula is C27H40N4O7. The van der Waals surface area contributed by atoms with Crippen molar-refractivity contribution < 1.29 is 33.4 Å². The Labute approximate surface area is 223 Å². The smallest absolute Gasteiger partial charge is 0.408 e. The lowest BCUT2D eigenvalue weighted by Crippen LogP contribution is -2.54. The zero-order valence-corrected chi connectivity index (χ0v) is 23.3. The summed E-state index contributed by atoms with van der Waals surface area (Å²) in [6.45, 7) is 10.3. The number of nitrogens with two attached hydrogens (primary N) is 1. The number of carbonyl (C=O) groups is 5. The van der Waals surface area contributed by atoms with Gasteiger partial charge in [-0.05, 0) is 70.1 Å². The Morgan fingerprint density at radius 1 is 1.13 bits per heavy atom. The highest BCUT2D eigenvalue weighted by Gasteiger charge is 2.48. The number of amides is 4. The second-order valence-electron chi connectivity index (χ2n) is 10.7. The van der Waals surface area contributed by atoms with Gasteiger partial charge in [0, 0.05) is 12.5 Å². The van der Waals surface area contributed by atoms with Crippen molar-refractivity contribution in [2.45, 2.75) is 84.5 Å². The molecule has 1 aromatic carbocycles. The lowest BCUT2D eigenvalue weighted by atomic mass is 9.93. The van der Waals surface area contributed by atoms with Gasteiger partial charge in [0.25, 0.3) is 0 Å². The van der Waals surface area contributed by atoms with E-state index < -0.39 is 47.5 Å². The number of nitrogens with zero attached hydrogens (tertiary/aromatic N) is 1. The maximum Gasteiger partial charge on any atom is 0.408 e. The summed E-state index contributed by atoms with van der Waals surface area (Å²) in [4.78, 5) is 65.3. The molecular weight excluding hydrogens is 492 g/mol. The third kappa shape index (κ3) is 8.46. The molecule has 0 saturated heterocycles. The molecule has 0 aliphatic heterocycles. The fourth-order valence-electron chi connectivity index (χ4n) is 4.33. The first-order chi connectivity index (χ1) is 17.7. The first kappa shape index (κ1) is 30.6. The topological polar surface area (TPSA) is 157 Å². The zero-order chi connectivity index (χ0) is 28.8. The second kappa shape index (κ2) is 12.7. The largest absolute Gasteiger partial charge is 0.468 e. The van der Waals surface area contributed by atoms with E-state index in [1.807, 2.05) is 39.0 Å². The van der Waals surface area contributed by atoms with Gasteiger partial charge in [-0.1, -0.05) is 25.1 Å². The second-order valence-corrected chi connectivity index (χ2v) is 10.7. The molecule has 210 valence electrons. The van der Waals surface area contributed by atoms with Crippen molar-refractivity contribution in [3.63, 3.8) is 0 Å². The van der Waals surface area contributed by atoms with Crippen LogP contribution in [0.3, 0.4) is 0 Å². The summed E-state index contributed by atoms with van der Waals surface area (Å²) >= 11 is 0. The SMILES string of the molecule is COC(=O)CNC(=O)C(c1c(C)cccc1C)N(C(=O)C(CCC(N)=O)NC(=O)OC(C)(C)C)C1CC1C. The van der Waals surface area contributed by atoms with E-state index >= 15 is 0 Å². The predicted octanol–water partition coefficient (Wildman–Crippen LogP) is 2.03. The molecule has 1 saturated carbocycles. The fraction of sp³-hybridized carbons (Fsp3) is 0.593. The maximum absolute atomic E-state index is 14.2. The Morgan fingerprint density at radius 3 is 2.18 bits per heavy atom. The van der Waals surface area contributed by atoms with Crippen LogP contribution in [0.15, 0.2) is 18.2 Å². The Morgan fingerprint density at radius 2 is 1.71 bits per heavy atom. The minimum atomic E-state index is -1.18. The van der Waals surface area contributed by atoms with Crippen molar-refractivity contribution in [3.8, 4) is 0 Å². The number of nitrogens with one attached hydrogen (secondary N) is 2. The van der Waals surface area contributed by atoms with E-state index in [2.05, 4.69) is 15.4 Å².